The van der Waals surface area contributed by atoms with Crippen LogP contribution in [0.2, 0.25) is 0 Å². The van der Waals surface area contributed by atoms with Crippen LogP contribution in [0.3, 0.4) is 0 Å². The van der Waals surface area contributed by atoms with Crippen molar-refractivity contribution >= 4 is 0 Å². The second kappa shape index (κ2) is 5.38. The lowest BCUT2D eigenvalue weighted by Gasteiger charge is -2.22. The van der Waals surface area contributed by atoms with Crippen LogP contribution in [0.5, 0.6) is 11.5 Å². The number of aliphatic hydroxyl groups is 1. The lowest BCUT2D eigenvalue weighted by atomic mass is 9.99. The maximum atomic E-state index is 10.5. The molecule has 0 saturated carbocycles. The molecule has 6 heteroatoms. The van der Waals surface area contributed by atoms with Crippen LogP contribution in [0.4, 0.5) is 0 Å². The number of aryl methyl sites for hydroxylation is 1. The van der Waals surface area contributed by atoms with Crippen molar-refractivity contribution in [1.82, 2.24) is 15.1 Å². The van der Waals surface area contributed by atoms with Crippen molar-refractivity contribution in [3.8, 4) is 11.5 Å². The highest BCUT2D eigenvalue weighted by atomic mass is 16.7. The number of para-hydroxylation sites is 1. The van der Waals surface area contributed by atoms with Gasteiger partial charge in [-0.1, -0.05) is 12.1 Å². The number of benzene rings is 1. The number of hydrogen-bond acceptors (Lipinski definition) is 5. The number of hydrogen-bond donors (Lipinski definition) is 2. The zero-order valence-corrected chi connectivity index (χ0v) is 12.2. The maximum absolute atomic E-state index is 10.5. The van der Waals surface area contributed by atoms with E-state index in [9.17, 15) is 5.11 Å². The van der Waals surface area contributed by atoms with E-state index in [-0.39, 0.29) is 6.79 Å². The Hall–Kier alpha value is -2.05. The molecule has 2 aromatic rings. The van der Waals surface area contributed by atoms with Gasteiger partial charge in [-0.2, -0.15) is 5.10 Å². The van der Waals surface area contributed by atoms with Crippen LogP contribution in [-0.4, -0.2) is 28.2 Å². The lowest BCUT2D eigenvalue weighted by molar-refractivity contribution is 0.0565. The van der Waals surface area contributed by atoms with Gasteiger partial charge >= 0.3 is 0 Å². The Balaban J connectivity index is 1.63. The van der Waals surface area contributed by atoms with Crippen molar-refractivity contribution in [3.05, 3.63) is 41.7 Å². The average Bonchev–Trinajstić information content (AvgIpc) is 3.07. The average molecular weight is 289 g/mol. The monoisotopic (exact) mass is 289 g/mol. The van der Waals surface area contributed by atoms with E-state index in [4.69, 9.17) is 9.47 Å². The second-order valence-corrected chi connectivity index (χ2v) is 5.43. The van der Waals surface area contributed by atoms with Crippen LogP contribution in [-0.2, 0) is 19.2 Å². The molecule has 2 N–H and O–H groups in total. The SMILES string of the molecule is Cn1cc(C(C)(O)CNCc2cccc3c2OCO3)cn1. The third-order valence-corrected chi connectivity index (χ3v) is 3.59. The molecule has 2 heterocycles. The molecular weight excluding hydrogens is 270 g/mol. The van der Waals surface area contributed by atoms with Gasteiger partial charge in [-0.3, -0.25) is 4.68 Å². The first kappa shape index (κ1) is 13.9. The Morgan fingerprint density at radius 3 is 3.05 bits per heavy atom. The summed E-state index contributed by atoms with van der Waals surface area (Å²) in [6.07, 6.45) is 3.50. The summed E-state index contributed by atoms with van der Waals surface area (Å²) in [6, 6.07) is 5.81. The Morgan fingerprint density at radius 2 is 2.29 bits per heavy atom. The topological polar surface area (TPSA) is 68.5 Å². The summed E-state index contributed by atoms with van der Waals surface area (Å²) in [4.78, 5) is 0. The van der Waals surface area contributed by atoms with Gasteiger partial charge in [0, 0.05) is 37.5 Å². The Morgan fingerprint density at radius 1 is 1.43 bits per heavy atom. The van der Waals surface area contributed by atoms with Crippen LogP contribution in [0.15, 0.2) is 30.6 Å². The van der Waals surface area contributed by atoms with Crippen LogP contribution >= 0.6 is 0 Å². The van der Waals surface area contributed by atoms with Gasteiger partial charge in [0.15, 0.2) is 11.5 Å². The molecule has 1 aromatic carbocycles. The third kappa shape index (κ3) is 2.86. The van der Waals surface area contributed by atoms with Gasteiger partial charge in [-0.15, -0.1) is 0 Å². The van der Waals surface area contributed by atoms with E-state index < -0.39 is 5.60 Å². The number of ether oxygens (including phenoxy) is 2. The molecule has 0 spiro atoms. The molecule has 0 aliphatic carbocycles. The summed E-state index contributed by atoms with van der Waals surface area (Å²) >= 11 is 0. The number of rotatable bonds is 5. The molecule has 0 saturated heterocycles. The van der Waals surface area contributed by atoms with Gasteiger partial charge in [0.05, 0.1) is 6.20 Å². The number of nitrogens with one attached hydrogen (secondary N) is 1. The minimum absolute atomic E-state index is 0.264. The smallest absolute Gasteiger partial charge is 0.231 e. The first-order valence-corrected chi connectivity index (χ1v) is 6.86. The highest BCUT2D eigenvalue weighted by Gasteiger charge is 2.24. The van der Waals surface area contributed by atoms with Gasteiger partial charge < -0.3 is 19.9 Å². The maximum Gasteiger partial charge on any atom is 0.231 e. The van der Waals surface area contributed by atoms with E-state index >= 15 is 0 Å². The van der Waals surface area contributed by atoms with E-state index in [2.05, 4.69) is 10.4 Å². The highest BCUT2D eigenvalue weighted by molar-refractivity contribution is 5.48. The first-order valence-electron chi connectivity index (χ1n) is 6.86. The molecule has 6 nitrogen and oxygen atoms in total. The molecule has 1 aliphatic heterocycles. The Bertz CT molecular complexity index is 637. The summed E-state index contributed by atoms with van der Waals surface area (Å²) in [7, 11) is 1.83. The fourth-order valence-corrected chi connectivity index (χ4v) is 2.37. The van der Waals surface area contributed by atoms with Gasteiger partial charge in [0.1, 0.15) is 5.60 Å². The van der Waals surface area contributed by atoms with E-state index in [1.165, 1.54) is 0 Å². The van der Waals surface area contributed by atoms with Crippen molar-refractivity contribution < 1.29 is 14.6 Å². The van der Waals surface area contributed by atoms with Crippen LogP contribution in [0.1, 0.15) is 18.1 Å². The Kier molecular flexibility index (Phi) is 3.57. The van der Waals surface area contributed by atoms with Crippen molar-refractivity contribution in [2.75, 3.05) is 13.3 Å². The zero-order chi connectivity index (χ0) is 14.9. The van der Waals surface area contributed by atoms with Gasteiger partial charge in [-0.05, 0) is 13.0 Å². The van der Waals surface area contributed by atoms with Crippen LogP contribution in [0, 0.1) is 0 Å². The predicted octanol–water partition coefficient (Wildman–Crippen LogP) is 1.15. The molecule has 0 amide bonds. The summed E-state index contributed by atoms with van der Waals surface area (Å²) in [5.74, 6) is 1.55. The minimum atomic E-state index is -0.969. The summed E-state index contributed by atoms with van der Waals surface area (Å²) in [5.41, 5.74) is 0.839. The third-order valence-electron chi connectivity index (χ3n) is 3.59. The first-order chi connectivity index (χ1) is 10.1. The fraction of sp³-hybridized carbons (Fsp3) is 0.400. The molecule has 3 rings (SSSR count). The normalized spacial score (nSPS) is 16.0. The van der Waals surface area contributed by atoms with Crippen molar-refractivity contribution in [2.24, 2.45) is 7.05 Å². The predicted molar refractivity (Wildman–Crippen MR) is 77.1 cm³/mol. The molecule has 1 unspecified atom stereocenters. The standard InChI is InChI=1S/C15H19N3O3/c1-15(19,12-7-17-18(2)8-12)9-16-6-11-4-3-5-13-14(11)21-10-20-13/h3-5,7-8,16,19H,6,9-10H2,1-2H3. The molecule has 21 heavy (non-hydrogen) atoms. The summed E-state index contributed by atoms with van der Waals surface area (Å²) < 4.78 is 12.5. The van der Waals surface area contributed by atoms with Gasteiger partial charge in [0.2, 0.25) is 6.79 Å². The van der Waals surface area contributed by atoms with Gasteiger partial charge in [-0.25, -0.2) is 0 Å². The zero-order valence-electron chi connectivity index (χ0n) is 12.2. The van der Waals surface area contributed by atoms with Crippen LogP contribution < -0.4 is 14.8 Å². The molecule has 0 bridgehead atoms. The quantitative estimate of drug-likeness (QED) is 0.864. The van der Waals surface area contributed by atoms with E-state index in [0.717, 1.165) is 22.6 Å². The summed E-state index contributed by atoms with van der Waals surface area (Å²) in [5, 5.41) is 17.8. The second-order valence-electron chi connectivity index (χ2n) is 5.43. The van der Waals surface area contributed by atoms with Crippen LogP contribution in [0.25, 0.3) is 0 Å². The largest absolute Gasteiger partial charge is 0.454 e. The molecule has 1 atom stereocenters. The molecule has 0 fully saturated rings. The van der Waals surface area contributed by atoms with E-state index in [0.29, 0.717) is 13.1 Å². The van der Waals surface area contributed by atoms with E-state index in [1.807, 2.05) is 31.4 Å². The minimum Gasteiger partial charge on any atom is -0.454 e. The summed E-state index contributed by atoms with van der Waals surface area (Å²) in [6.45, 7) is 3.05. The van der Waals surface area contributed by atoms with Crippen molar-refractivity contribution in [3.63, 3.8) is 0 Å². The molecular formula is C15H19N3O3. The molecule has 1 aliphatic rings. The van der Waals surface area contributed by atoms with E-state index in [1.54, 1.807) is 17.8 Å². The molecule has 1 aromatic heterocycles. The van der Waals surface area contributed by atoms with Crippen molar-refractivity contribution in [1.29, 1.82) is 0 Å². The number of fused-ring (bicyclic) bond motifs is 1. The molecule has 0 radical (unpaired) electrons. The number of aromatic nitrogens is 2. The van der Waals surface area contributed by atoms with Crippen molar-refractivity contribution in [2.45, 2.75) is 19.1 Å². The highest BCUT2D eigenvalue weighted by Crippen LogP contribution is 2.35. The Labute approximate surface area is 123 Å². The lowest BCUT2D eigenvalue weighted by Crippen LogP contribution is -2.34. The molecule has 112 valence electrons. The van der Waals surface area contributed by atoms with Gasteiger partial charge in [0.25, 0.3) is 0 Å². The number of nitrogens with zero attached hydrogens (tertiary/aromatic N) is 2. The fourth-order valence-electron chi connectivity index (χ4n) is 2.37.